The van der Waals surface area contributed by atoms with Crippen molar-refractivity contribution in [3.8, 4) is 0 Å². The molecule has 0 unspecified atom stereocenters. The molecule has 0 aromatic heterocycles. The van der Waals surface area contributed by atoms with Crippen LogP contribution in [-0.2, 0) is 21.3 Å². The van der Waals surface area contributed by atoms with Gasteiger partial charge in [0.25, 0.3) is 15.7 Å². The minimum atomic E-state index is -4.41. The summed E-state index contributed by atoms with van der Waals surface area (Å²) in [6.45, 7) is -0.570. The highest BCUT2D eigenvalue weighted by Crippen LogP contribution is 2.27. The third-order valence-corrected chi connectivity index (χ3v) is 7.44. The Hall–Kier alpha value is -3.06. The van der Waals surface area contributed by atoms with Gasteiger partial charge in [0, 0.05) is 12.1 Å². The van der Waals surface area contributed by atoms with Gasteiger partial charge in [0.05, 0.1) is 34.6 Å². The Balaban J connectivity index is 1.89. The first-order valence-corrected chi connectivity index (χ1v) is 12.8. The normalized spacial score (nSPS) is 16.5. The standard InChI is InChI=1S/C23H29N3O8S/c27-22(21(24-23(28)29)14-17-8-3-1-4-9-17)16-25(34-19-11-5-2-6-12-19)35(32,33)20-13-7-10-18(15-20)26(30)31/h1,3-4,7-10,13,15,19,21-22,24,27H,2,5-6,11-12,14,16H2,(H,28,29)/t21-,22+/m0/s1. The number of aliphatic hydroxyl groups excluding tert-OH is 1. The van der Waals surface area contributed by atoms with E-state index in [-0.39, 0.29) is 11.3 Å². The van der Waals surface area contributed by atoms with Crippen molar-refractivity contribution in [3.05, 3.63) is 70.3 Å². The zero-order valence-electron chi connectivity index (χ0n) is 19.0. The number of carboxylic acid groups (broad SMARTS) is 1. The summed E-state index contributed by atoms with van der Waals surface area (Å²) < 4.78 is 27.5. The van der Waals surface area contributed by atoms with Gasteiger partial charge in [-0.1, -0.05) is 60.1 Å². The van der Waals surface area contributed by atoms with Gasteiger partial charge in [-0.3, -0.25) is 15.0 Å². The number of nitrogens with zero attached hydrogens (tertiary/aromatic N) is 2. The van der Waals surface area contributed by atoms with Crippen LogP contribution >= 0.6 is 0 Å². The fourth-order valence-corrected chi connectivity index (χ4v) is 5.34. The Kier molecular flexibility index (Phi) is 9.15. The molecule has 3 N–H and O–H groups in total. The van der Waals surface area contributed by atoms with Gasteiger partial charge in [0.1, 0.15) is 0 Å². The minimum absolute atomic E-state index is 0.114. The third-order valence-electron chi connectivity index (χ3n) is 5.82. The van der Waals surface area contributed by atoms with Crippen LogP contribution in [0.4, 0.5) is 10.5 Å². The van der Waals surface area contributed by atoms with Crippen LogP contribution in [0.3, 0.4) is 0 Å². The lowest BCUT2D eigenvalue weighted by molar-refractivity contribution is -0.385. The highest BCUT2D eigenvalue weighted by atomic mass is 32.2. The van der Waals surface area contributed by atoms with E-state index < -0.39 is 51.5 Å². The molecule has 2 atom stereocenters. The topological polar surface area (TPSA) is 159 Å². The number of nitro benzene ring substituents is 1. The summed E-state index contributed by atoms with van der Waals surface area (Å²) in [6.07, 6.45) is 0.823. The Morgan fingerprint density at radius 2 is 1.83 bits per heavy atom. The van der Waals surface area contributed by atoms with Crippen molar-refractivity contribution in [2.24, 2.45) is 0 Å². The molecule has 0 spiro atoms. The zero-order chi connectivity index (χ0) is 25.4. The summed E-state index contributed by atoms with van der Waals surface area (Å²) in [7, 11) is -4.41. The quantitative estimate of drug-likeness (QED) is 0.309. The number of hydroxylamine groups is 1. The molecule has 0 aliphatic heterocycles. The van der Waals surface area contributed by atoms with Gasteiger partial charge < -0.3 is 15.5 Å². The number of nitrogens with one attached hydrogen (secondary N) is 1. The van der Waals surface area contributed by atoms with Crippen LogP contribution in [0.25, 0.3) is 0 Å². The number of hydrogen-bond acceptors (Lipinski definition) is 7. The molecule has 11 nitrogen and oxygen atoms in total. The van der Waals surface area contributed by atoms with E-state index in [1.807, 2.05) is 0 Å². The van der Waals surface area contributed by atoms with E-state index in [2.05, 4.69) is 5.32 Å². The van der Waals surface area contributed by atoms with Crippen molar-refractivity contribution in [2.45, 2.75) is 61.7 Å². The second-order valence-corrected chi connectivity index (χ2v) is 10.3. The van der Waals surface area contributed by atoms with Gasteiger partial charge in [-0.05, 0) is 30.9 Å². The summed E-state index contributed by atoms with van der Waals surface area (Å²) in [4.78, 5) is 27.3. The van der Waals surface area contributed by atoms with E-state index >= 15 is 0 Å². The molecule has 1 aliphatic rings. The van der Waals surface area contributed by atoms with Crippen molar-refractivity contribution in [1.29, 1.82) is 0 Å². The maximum atomic E-state index is 13.4. The number of non-ortho nitro benzene ring substituents is 1. The van der Waals surface area contributed by atoms with Gasteiger partial charge in [0.2, 0.25) is 0 Å². The third kappa shape index (κ3) is 7.46. The number of aliphatic hydroxyl groups is 1. The summed E-state index contributed by atoms with van der Waals surface area (Å²) in [5, 5.41) is 33.7. The smallest absolute Gasteiger partial charge is 0.404 e. The molecule has 12 heteroatoms. The predicted molar refractivity (Wildman–Crippen MR) is 126 cm³/mol. The first kappa shape index (κ1) is 26.5. The summed E-state index contributed by atoms with van der Waals surface area (Å²) in [5.74, 6) is 0. The summed E-state index contributed by atoms with van der Waals surface area (Å²) in [5.41, 5.74) is 0.338. The second-order valence-electron chi connectivity index (χ2n) is 8.42. The first-order chi connectivity index (χ1) is 16.7. The number of carbonyl (C=O) groups is 1. The first-order valence-electron chi connectivity index (χ1n) is 11.3. The number of sulfonamides is 1. The van der Waals surface area contributed by atoms with Gasteiger partial charge in [0.15, 0.2) is 0 Å². The van der Waals surface area contributed by atoms with Crippen molar-refractivity contribution >= 4 is 21.8 Å². The minimum Gasteiger partial charge on any atom is -0.465 e. The van der Waals surface area contributed by atoms with Crippen molar-refractivity contribution in [3.63, 3.8) is 0 Å². The lowest BCUT2D eigenvalue weighted by Gasteiger charge is -2.32. The van der Waals surface area contributed by atoms with E-state index in [0.717, 1.165) is 30.9 Å². The largest absolute Gasteiger partial charge is 0.465 e. The highest BCUT2D eigenvalue weighted by Gasteiger charge is 2.34. The molecule has 0 bridgehead atoms. The van der Waals surface area contributed by atoms with Gasteiger partial charge in [-0.25, -0.2) is 13.2 Å². The van der Waals surface area contributed by atoms with Crippen LogP contribution in [0, 0.1) is 10.1 Å². The number of hydrogen-bond donors (Lipinski definition) is 3. The lowest BCUT2D eigenvalue weighted by Crippen LogP contribution is -2.50. The van der Waals surface area contributed by atoms with Crippen LogP contribution < -0.4 is 5.32 Å². The molecule has 3 rings (SSSR count). The molecule has 2 aromatic carbocycles. The SMILES string of the molecule is O=C(O)N[C@@H](Cc1ccccc1)[C@H](O)CN(OC1CCCCC1)S(=O)(=O)c1cccc([N+](=O)[O-])c1. The molecule has 190 valence electrons. The van der Waals surface area contributed by atoms with Crippen LogP contribution in [0.2, 0.25) is 0 Å². The van der Waals surface area contributed by atoms with Gasteiger partial charge in [-0.2, -0.15) is 0 Å². The van der Waals surface area contributed by atoms with E-state index in [9.17, 15) is 33.5 Å². The van der Waals surface area contributed by atoms with Crippen LogP contribution in [0.5, 0.6) is 0 Å². The Labute approximate surface area is 203 Å². The summed E-state index contributed by atoms with van der Waals surface area (Å²) in [6, 6.07) is 12.4. The molecular weight excluding hydrogens is 478 g/mol. The maximum Gasteiger partial charge on any atom is 0.404 e. The maximum absolute atomic E-state index is 13.4. The molecule has 1 fully saturated rings. The van der Waals surface area contributed by atoms with E-state index in [0.29, 0.717) is 17.3 Å². The van der Waals surface area contributed by atoms with Gasteiger partial charge in [-0.15, -0.1) is 0 Å². The molecule has 0 radical (unpaired) electrons. The fourth-order valence-electron chi connectivity index (χ4n) is 4.00. The Morgan fingerprint density at radius 3 is 2.46 bits per heavy atom. The molecular formula is C23H29N3O8S. The molecule has 35 heavy (non-hydrogen) atoms. The van der Waals surface area contributed by atoms with Crippen molar-refractivity contribution in [1.82, 2.24) is 9.79 Å². The average Bonchev–Trinajstić information content (AvgIpc) is 2.84. The second kappa shape index (κ2) is 12.1. The van der Waals surface area contributed by atoms with Crippen molar-refractivity contribution in [2.75, 3.05) is 6.54 Å². The van der Waals surface area contributed by atoms with Crippen LogP contribution in [0.1, 0.15) is 37.7 Å². The van der Waals surface area contributed by atoms with E-state index in [4.69, 9.17) is 4.84 Å². The Morgan fingerprint density at radius 1 is 1.14 bits per heavy atom. The van der Waals surface area contributed by atoms with Crippen LogP contribution in [-0.4, -0.2) is 58.9 Å². The average molecular weight is 508 g/mol. The zero-order valence-corrected chi connectivity index (χ0v) is 19.8. The van der Waals surface area contributed by atoms with E-state index in [1.54, 1.807) is 30.3 Å². The lowest BCUT2D eigenvalue weighted by atomic mass is 9.98. The fraction of sp³-hybridized carbons (Fsp3) is 0.435. The summed E-state index contributed by atoms with van der Waals surface area (Å²) >= 11 is 0. The Bertz CT molecular complexity index is 1110. The molecule has 0 heterocycles. The number of benzene rings is 2. The molecule has 1 saturated carbocycles. The van der Waals surface area contributed by atoms with Crippen LogP contribution in [0.15, 0.2) is 59.5 Å². The number of rotatable bonds is 11. The molecule has 1 amide bonds. The molecule has 1 aliphatic carbocycles. The van der Waals surface area contributed by atoms with Crippen molar-refractivity contribution < 1.29 is 33.2 Å². The highest BCUT2D eigenvalue weighted by molar-refractivity contribution is 7.89. The predicted octanol–water partition coefficient (Wildman–Crippen LogP) is 3.09. The monoisotopic (exact) mass is 507 g/mol. The van der Waals surface area contributed by atoms with E-state index in [1.165, 1.54) is 18.2 Å². The number of amides is 1. The molecule has 2 aromatic rings. The number of nitro groups is 1. The molecule has 0 saturated heterocycles. The van der Waals surface area contributed by atoms with Gasteiger partial charge >= 0.3 is 6.09 Å².